The highest BCUT2D eigenvalue weighted by molar-refractivity contribution is 6.29. The third-order valence-corrected chi connectivity index (χ3v) is 3.02. The summed E-state index contributed by atoms with van der Waals surface area (Å²) in [5, 5.41) is 0.487. The second kappa shape index (κ2) is 4.77. The van der Waals surface area contributed by atoms with E-state index >= 15 is 0 Å². The molecule has 1 aromatic heterocycles. The van der Waals surface area contributed by atoms with E-state index in [0.717, 1.165) is 18.8 Å². The molecule has 1 unspecified atom stereocenters. The van der Waals surface area contributed by atoms with Crippen LogP contribution in [0.3, 0.4) is 0 Å². The first-order valence-corrected chi connectivity index (χ1v) is 5.63. The molecule has 0 amide bonds. The second-order valence-electron chi connectivity index (χ2n) is 3.78. The fraction of sp³-hybridized carbons (Fsp3) is 0.600. The standard InChI is InChI=1S/C10H15ClN4/c11-9-5-10(14-7-13-9)15-4-2-1-3-8(15)6-12/h5,7-8H,1-4,6,12H2. The molecule has 1 atom stereocenters. The van der Waals surface area contributed by atoms with E-state index in [0.29, 0.717) is 17.7 Å². The molecule has 2 rings (SSSR count). The van der Waals surface area contributed by atoms with Gasteiger partial charge in [-0.05, 0) is 19.3 Å². The van der Waals surface area contributed by atoms with E-state index in [-0.39, 0.29) is 0 Å². The maximum Gasteiger partial charge on any atom is 0.134 e. The van der Waals surface area contributed by atoms with E-state index in [1.165, 1.54) is 19.2 Å². The van der Waals surface area contributed by atoms with E-state index in [1.54, 1.807) is 6.07 Å². The quantitative estimate of drug-likeness (QED) is 0.776. The number of nitrogens with zero attached hydrogens (tertiary/aromatic N) is 3. The van der Waals surface area contributed by atoms with Crippen LogP contribution in [0, 0.1) is 0 Å². The number of rotatable bonds is 2. The molecular formula is C10H15ClN4. The van der Waals surface area contributed by atoms with Gasteiger partial charge in [-0.3, -0.25) is 0 Å². The number of anilines is 1. The molecule has 0 saturated carbocycles. The van der Waals surface area contributed by atoms with Crippen LogP contribution in [0.15, 0.2) is 12.4 Å². The van der Waals surface area contributed by atoms with Gasteiger partial charge in [0.25, 0.3) is 0 Å². The van der Waals surface area contributed by atoms with Crippen LogP contribution in [0.25, 0.3) is 0 Å². The maximum absolute atomic E-state index is 5.85. The second-order valence-corrected chi connectivity index (χ2v) is 4.16. The lowest BCUT2D eigenvalue weighted by atomic mass is 10.0. The monoisotopic (exact) mass is 226 g/mol. The van der Waals surface area contributed by atoms with E-state index in [9.17, 15) is 0 Å². The summed E-state index contributed by atoms with van der Waals surface area (Å²) in [4.78, 5) is 10.4. The van der Waals surface area contributed by atoms with E-state index in [2.05, 4.69) is 14.9 Å². The zero-order valence-corrected chi connectivity index (χ0v) is 9.32. The minimum Gasteiger partial charge on any atom is -0.352 e. The van der Waals surface area contributed by atoms with Crippen LogP contribution in [0.1, 0.15) is 19.3 Å². The Balaban J connectivity index is 2.20. The van der Waals surface area contributed by atoms with Gasteiger partial charge in [0.2, 0.25) is 0 Å². The molecule has 2 N–H and O–H groups in total. The van der Waals surface area contributed by atoms with Gasteiger partial charge in [0, 0.05) is 25.2 Å². The fourth-order valence-corrected chi connectivity index (χ4v) is 2.17. The summed E-state index contributed by atoms with van der Waals surface area (Å²) in [6.45, 7) is 1.68. The van der Waals surface area contributed by atoms with Crippen LogP contribution in [-0.2, 0) is 0 Å². The molecule has 4 nitrogen and oxygen atoms in total. The van der Waals surface area contributed by atoms with Crippen molar-refractivity contribution in [3.05, 3.63) is 17.5 Å². The summed E-state index contributed by atoms with van der Waals surface area (Å²) in [6, 6.07) is 2.19. The summed E-state index contributed by atoms with van der Waals surface area (Å²) < 4.78 is 0. The van der Waals surface area contributed by atoms with Gasteiger partial charge < -0.3 is 10.6 Å². The van der Waals surface area contributed by atoms with Gasteiger partial charge in [-0.25, -0.2) is 9.97 Å². The smallest absolute Gasteiger partial charge is 0.134 e. The van der Waals surface area contributed by atoms with Crippen molar-refractivity contribution >= 4 is 17.4 Å². The topological polar surface area (TPSA) is 55.0 Å². The Bertz CT molecular complexity index is 331. The number of piperidine rings is 1. The lowest BCUT2D eigenvalue weighted by molar-refractivity contribution is 0.462. The van der Waals surface area contributed by atoms with Crippen LogP contribution in [-0.4, -0.2) is 29.1 Å². The first-order chi connectivity index (χ1) is 7.31. The van der Waals surface area contributed by atoms with Crippen molar-refractivity contribution in [2.24, 2.45) is 5.73 Å². The molecule has 0 aromatic carbocycles. The van der Waals surface area contributed by atoms with Crippen molar-refractivity contribution in [3.8, 4) is 0 Å². The molecule has 1 fully saturated rings. The third kappa shape index (κ3) is 2.38. The Labute approximate surface area is 94.5 Å². The Morgan fingerprint density at radius 2 is 2.33 bits per heavy atom. The fourth-order valence-electron chi connectivity index (χ4n) is 2.03. The molecule has 1 aliphatic heterocycles. The average Bonchev–Trinajstić information content (AvgIpc) is 2.29. The number of aromatic nitrogens is 2. The summed E-state index contributed by atoms with van der Waals surface area (Å²) in [7, 11) is 0. The summed E-state index contributed by atoms with van der Waals surface area (Å²) in [5.74, 6) is 0.894. The van der Waals surface area contributed by atoms with Gasteiger partial charge in [-0.1, -0.05) is 11.6 Å². The zero-order valence-electron chi connectivity index (χ0n) is 8.56. The van der Waals surface area contributed by atoms with Gasteiger partial charge in [-0.15, -0.1) is 0 Å². The van der Waals surface area contributed by atoms with Crippen molar-refractivity contribution in [2.75, 3.05) is 18.0 Å². The van der Waals surface area contributed by atoms with Gasteiger partial charge >= 0.3 is 0 Å². The summed E-state index contributed by atoms with van der Waals surface area (Å²) in [6.07, 6.45) is 5.08. The van der Waals surface area contributed by atoms with Crippen molar-refractivity contribution in [3.63, 3.8) is 0 Å². The SMILES string of the molecule is NCC1CCCCN1c1cc(Cl)ncn1. The molecule has 5 heteroatoms. The number of nitrogens with two attached hydrogens (primary N) is 1. The Kier molecular flexibility index (Phi) is 3.38. The number of hydrogen-bond donors (Lipinski definition) is 1. The zero-order chi connectivity index (χ0) is 10.7. The normalized spacial score (nSPS) is 21.7. The number of hydrogen-bond acceptors (Lipinski definition) is 4. The highest BCUT2D eigenvalue weighted by atomic mass is 35.5. The van der Waals surface area contributed by atoms with Gasteiger partial charge in [0.15, 0.2) is 0 Å². The maximum atomic E-state index is 5.85. The van der Waals surface area contributed by atoms with Crippen molar-refractivity contribution in [2.45, 2.75) is 25.3 Å². The summed E-state index contributed by atoms with van der Waals surface area (Å²) >= 11 is 5.85. The van der Waals surface area contributed by atoms with Crippen LogP contribution >= 0.6 is 11.6 Å². The molecule has 1 aliphatic rings. The van der Waals surface area contributed by atoms with Crippen LogP contribution in [0.2, 0.25) is 5.15 Å². The van der Waals surface area contributed by atoms with Gasteiger partial charge in [-0.2, -0.15) is 0 Å². The minimum atomic E-state index is 0.393. The Hall–Kier alpha value is -0.870. The first-order valence-electron chi connectivity index (χ1n) is 5.25. The molecule has 0 radical (unpaired) electrons. The van der Waals surface area contributed by atoms with E-state index < -0.39 is 0 Å². The predicted molar refractivity (Wildman–Crippen MR) is 61.1 cm³/mol. The Morgan fingerprint density at radius 1 is 1.47 bits per heavy atom. The van der Waals surface area contributed by atoms with Crippen LogP contribution in [0.4, 0.5) is 5.82 Å². The molecule has 15 heavy (non-hydrogen) atoms. The predicted octanol–water partition coefficient (Wildman–Crippen LogP) is 1.45. The van der Waals surface area contributed by atoms with Crippen molar-refractivity contribution in [1.29, 1.82) is 0 Å². The molecule has 0 spiro atoms. The lowest BCUT2D eigenvalue weighted by Crippen LogP contribution is -2.44. The van der Waals surface area contributed by atoms with Crippen molar-refractivity contribution in [1.82, 2.24) is 9.97 Å². The average molecular weight is 227 g/mol. The highest BCUT2D eigenvalue weighted by Crippen LogP contribution is 2.23. The van der Waals surface area contributed by atoms with Crippen molar-refractivity contribution < 1.29 is 0 Å². The van der Waals surface area contributed by atoms with E-state index in [1.807, 2.05) is 0 Å². The number of halogens is 1. The van der Waals surface area contributed by atoms with Crippen LogP contribution < -0.4 is 10.6 Å². The Morgan fingerprint density at radius 3 is 3.07 bits per heavy atom. The van der Waals surface area contributed by atoms with Crippen LogP contribution in [0.5, 0.6) is 0 Å². The molecule has 1 aromatic rings. The highest BCUT2D eigenvalue weighted by Gasteiger charge is 2.22. The van der Waals surface area contributed by atoms with Gasteiger partial charge in [0.05, 0.1) is 0 Å². The third-order valence-electron chi connectivity index (χ3n) is 2.81. The van der Waals surface area contributed by atoms with Gasteiger partial charge in [0.1, 0.15) is 17.3 Å². The molecule has 0 aliphatic carbocycles. The summed E-state index contributed by atoms with van der Waals surface area (Å²) in [5.41, 5.74) is 5.75. The first kappa shape index (κ1) is 10.6. The molecular weight excluding hydrogens is 212 g/mol. The van der Waals surface area contributed by atoms with E-state index in [4.69, 9.17) is 17.3 Å². The lowest BCUT2D eigenvalue weighted by Gasteiger charge is -2.35. The molecule has 2 heterocycles. The minimum absolute atomic E-state index is 0.393. The molecule has 1 saturated heterocycles. The molecule has 82 valence electrons. The molecule has 0 bridgehead atoms. The largest absolute Gasteiger partial charge is 0.352 e.